The minimum absolute atomic E-state index is 0.0383. The Bertz CT molecular complexity index is 1990. The van der Waals surface area contributed by atoms with Crippen molar-refractivity contribution in [3.05, 3.63) is 68.0 Å². The highest BCUT2D eigenvalue weighted by molar-refractivity contribution is 6.84. The third-order valence-corrected chi connectivity index (χ3v) is 10.5. The lowest BCUT2D eigenvalue weighted by molar-refractivity contribution is -0.384. The van der Waals surface area contributed by atoms with Crippen molar-refractivity contribution in [2.75, 3.05) is 36.2 Å². The third-order valence-electron chi connectivity index (χ3n) is 8.75. The van der Waals surface area contributed by atoms with Gasteiger partial charge in [-0.25, -0.2) is 0 Å². The normalized spacial score (nSPS) is 16.0. The van der Waals surface area contributed by atoms with E-state index in [-0.39, 0.29) is 21.2 Å². The van der Waals surface area contributed by atoms with E-state index in [0.29, 0.717) is 44.3 Å². The first-order chi connectivity index (χ1) is 23.7. The number of hydrogen-bond acceptors (Lipinski definition) is 8. The molecule has 0 unspecified atom stereocenters. The number of piperidine rings is 2. The van der Waals surface area contributed by atoms with Gasteiger partial charge in [-0.1, -0.05) is 51.1 Å². The Hall–Kier alpha value is -4.93. The maximum atomic E-state index is 12.1. The average molecular weight is 709 g/mol. The van der Waals surface area contributed by atoms with Gasteiger partial charge >= 0.3 is 0 Å². The molecule has 2 aromatic heterocycles. The van der Waals surface area contributed by atoms with Gasteiger partial charge in [0.05, 0.1) is 32.0 Å². The molecule has 0 spiro atoms. The molecule has 0 atom stereocenters. The van der Waals surface area contributed by atoms with Gasteiger partial charge in [0, 0.05) is 61.2 Å². The molecule has 0 radical (unpaired) electrons. The molecule has 0 aliphatic carbocycles. The zero-order valence-electron chi connectivity index (χ0n) is 29.7. The number of benzene rings is 2. The number of nitro groups is 2. The van der Waals surface area contributed by atoms with E-state index in [4.69, 9.17) is 10.2 Å². The summed E-state index contributed by atoms with van der Waals surface area (Å²) in [5.41, 5.74) is 10.8. The molecule has 2 aromatic carbocycles. The van der Waals surface area contributed by atoms with Crippen molar-refractivity contribution in [3.63, 3.8) is 0 Å². The van der Waals surface area contributed by atoms with Crippen molar-refractivity contribution >= 4 is 60.5 Å². The van der Waals surface area contributed by atoms with Crippen molar-refractivity contribution in [3.8, 4) is 22.9 Å². The molecule has 4 heterocycles. The van der Waals surface area contributed by atoms with Gasteiger partial charge < -0.3 is 0 Å². The molecule has 6 rings (SSSR count). The van der Waals surface area contributed by atoms with Crippen LogP contribution >= 0.6 is 0 Å². The number of fused-ring (bicyclic) bond motifs is 2. The first kappa shape index (κ1) is 34.9. The fourth-order valence-electron chi connectivity index (χ4n) is 6.34. The molecule has 0 bridgehead atoms. The fraction of sp³-hybridized carbons (Fsp3) is 0.444. The molecular weight excluding hydrogens is 665 g/mol. The SMILES string of the molecule is C[Si](C)(C)C#C/C(=C(/C#C[Si](C)(C)C)c1c2cc([N+](=O)[O-])ccc2nn1N1CCCCC1)c1c2cc([N+](=O)[O-])ccc2nn1N1CCCCC1. The van der Waals surface area contributed by atoms with Crippen LogP contribution in [0.4, 0.5) is 11.4 Å². The highest BCUT2D eigenvalue weighted by atomic mass is 28.3. The summed E-state index contributed by atoms with van der Waals surface area (Å²) in [6.07, 6.45) is 6.20. The van der Waals surface area contributed by atoms with Gasteiger partial charge in [0.25, 0.3) is 11.4 Å². The van der Waals surface area contributed by atoms with E-state index >= 15 is 0 Å². The van der Waals surface area contributed by atoms with E-state index < -0.39 is 16.1 Å². The molecule has 0 amide bonds. The molecule has 2 saturated heterocycles. The fourth-order valence-corrected chi connectivity index (χ4v) is 7.34. The maximum absolute atomic E-state index is 12.1. The second kappa shape index (κ2) is 13.8. The summed E-state index contributed by atoms with van der Waals surface area (Å²) < 4.78 is 0. The summed E-state index contributed by atoms with van der Waals surface area (Å²) in [6.45, 7) is 16.1. The molecule has 2 aliphatic rings. The van der Waals surface area contributed by atoms with Crippen molar-refractivity contribution in [1.82, 2.24) is 19.8 Å². The highest BCUT2D eigenvalue weighted by Gasteiger charge is 2.29. The van der Waals surface area contributed by atoms with Gasteiger partial charge in [0.1, 0.15) is 27.5 Å². The largest absolute Gasteiger partial charge is 0.296 e. The average Bonchev–Trinajstić information content (AvgIpc) is 3.64. The Morgan fingerprint density at radius 1 is 0.620 bits per heavy atom. The van der Waals surface area contributed by atoms with E-state index in [1.54, 1.807) is 24.3 Å². The minimum Gasteiger partial charge on any atom is -0.296 e. The van der Waals surface area contributed by atoms with Gasteiger partial charge in [-0.05, 0) is 50.7 Å². The van der Waals surface area contributed by atoms with E-state index in [0.717, 1.165) is 64.7 Å². The maximum Gasteiger partial charge on any atom is 0.270 e. The van der Waals surface area contributed by atoms with Gasteiger partial charge in [-0.3, -0.25) is 30.2 Å². The highest BCUT2D eigenvalue weighted by Crippen LogP contribution is 2.37. The quantitative estimate of drug-likeness (QED) is 0.0897. The number of hydrogen-bond donors (Lipinski definition) is 0. The second-order valence-corrected chi connectivity index (χ2v) is 24.7. The Morgan fingerprint density at radius 3 is 1.30 bits per heavy atom. The lowest BCUT2D eigenvalue weighted by atomic mass is 9.98. The Labute approximate surface area is 294 Å². The lowest BCUT2D eigenvalue weighted by Crippen LogP contribution is -2.41. The number of aromatic nitrogens is 4. The van der Waals surface area contributed by atoms with Crippen LogP contribution in [0.3, 0.4) is 0 Å². The number of non-ortho nitro benzene ring substituents is 2. The predicted octanol–water partition coefficient (Wildman–Crippen LogP) is 7.12. The van der Waals surface area contributed by atoms with Gasteiger partial charge in [0.2, 0.25) is 0 Å². The summed E-state index contributed by atoms with van der Waals surface area (Å²) >= 11 is 0. The first-order valence-electron chi connectivity index (χ1n) is 17.4. The Morgan fingerprint density at radius 2 is 0.980 bits per heavy atom. The molecule has 260 valence electrons. The summed E-state index contributed by atoms with van der Waals surface area (Å²) in [4.78, 5) is 27.3. The van der Waals surface area contributed by atoms with Crippen molar-refractivity contribution < 1.29 is 9.85 Å². The van der Waals surface area contributed by atoms with Crippen LogP contribution in [0.5, 0.6) is 0 Å². The van der Waals surface area contributed by atoms with Crippen molar-refractivity contribution in [2.45, 2.75) is 77.8 Å². The molecule has 2 aliphatic heterocycles. The molecular formula is C36H44N8O4Si2. The number of nitro benzene ring substituents is 2. The van der Waals surface area contributed by atoms with Gasteiger partial charge in [-0.2, -0.15) is 19.8 Å². The van der Waals surface area contributed by atoms with E-state index in [1.807, 2.05) is 9.58 Å². The van der Waals surface area contributed by atoms with Crippen LogP contribution in [0.2, 0.25) is 39.3 Å². The Balaban J connectivity index is 1.83. The van der Waals surface area contributed by atoms with Gasteiger partial charge in [-0.15, -0.1) is 11.1 Å². The van der Waals surface area contributed by atoms with Gasteiger partial charge in [0.15, 0.2) is 0 Å². The minimum atomic E-state index is -2.01. The lowest BCUT2D eigenvalue weighted by Gasteiger charge is -2.31. The van der Waals surface area contributed by atoms with Crippen molar-refractivity contribution in [1.29, 1.82) is 0 Å². The van der Waals surface area contributed by atoms with Crippen LogP contribution < -0.4 is 10.0 Å². The number of allylic oxidation sites excluding steroid dienone is 2. The second-order valence-electron chi connectivity index (χ2n) is 15.2. The molecule has 0 N–H and O–H groups in total. The number of nitrogens with zero attached hydrogens (tertiary/aromatic N) is 8. The molecule has 0 saturated carbocycles. The smallest absolute Gasteiger partial charge is 0.270 e. The van der Waals surface area contributed by atoms with Crippen LogP contribution in [0.15, 0.2) is 36.4 Å². The molecule has 12 nitrogen and oxygen atoms in total. The van der Waals surface area contributed by atoms with E-state index in [1.165, 1.54) is 12.1 Å². The standard InChI is InChI=1S/C36H44N8O4Si2/c1-49(2,3)23-17-29(35-31-25-27(43(45)46)13-15-33(31)37-41(35)39-19-9-7-10-20-39)30(18-24-50(4,5)6)36-32-26-28(44(47)48)14-16-34(32)38-42(36)40-21-11-8-12-22-40/h13-16,25-26H,7-12,19-22H2,1-6H3/b30-29+. The molecule has 4 aromatic rings. The van der Waals surface area contributed by atoms with E-state index in [2.05, 4.69) is 72.2 Å². The topological polar surface area (TPSA) is 128 Å². The molecule has 50 heavy (non-hydrogen) atoms. The van der Waals surface area contributed by atoms with Crippen LogP contribution in [0.25, 0.3) is 33.0 Å². The number of rotatable bonds is 6. The predicted molar refractivity (Wildman–Crippen MR) is 205 cm³/mol. The van der Waals surface area contributed by atoms with Crippen LogP contribution in [-0.2, 0) is 0 Å². The third kappa shape index (κ3) is 7.46. The monoisotopic (exact) mass is 708 g/mol. The summed E-state index contributed by atoms with van der Waals surface area (Å²) in [5.74, 6) is 7.19. The molecule has 2 fully saturated rings. The van der Waals surface area contributed by atoms with Crippen LogP contribution in [0, 0.1) is 43.2 Å². The van der Waals surface area contributed by atoms with Crippen LogP contribution in [0.1, 0.15) is 49.9 Å². The van der Waals surface area contributed by atoms with Crippen molar-refractivity contribution in [2.24, 2.45) is 0 Å². The summed E-state index contributed by atoms with van der Waals surface area (Å²) in [5, 5.41) is 39.9. The van der Waals surface area contributed by atoms with Crippen LogP contribution in [-0.4, -0.2) is 72.0 Å². The zero-order valence-corrected chi connectivity index (χ0v) is 31.7. The first-order valence-corrected chi connectivity index (χ1v) is 24.4. The summed E-state index contributed by atoms with van der Waals surface area (Å²) in [6, 6.07) is 9.54. The zero-order chi connectivity index (χ0) is 35.8. The molecule has 14 heteroatoms. The summed E-state index contributed by atoms with van der Waals surface area (Å²) in [7, 11) is -4.02. The Kier molecular flexibility index (Phi) is 9.61. The van der Waals surface area contributed by atoms with E-state index in [9.17, 15) is 20.2 Å².